The number of ether oxygens (including phenoxy) is 1. The number of rotatable bonds is 4. The molecule has 2 aromatic rings. The van der Waals surface area contributed by atoms with Gasteiger partial charge in [-0.25, -0.2) is 0 Å². The highest BCUT2D eigenvalue weighted by molar-refractivity contribution is 5.87. The molecule has 1 heterocycles. The van der Waals surface area contributed by atoms with Gasteiger partial charge in [-0.3, -0.25) is 4.79 Å². The van der Waals surface area contributed by atoms with Crippen LogP contribution in [0.25, 0.3) is 0 Å². The van der Waals surface area contributed by atoms with Gasteiger partial charge in [0, 0.05) is 6.42 Å². The zero-order chi connectivity index (χ0) is 17.0. The van der Waals surface area contributed by atoms with Crippen LogP contribution in [-0.2, 0) is 14.9 Å². The van der Waals surface area contributed by atoms with Crippen LogP contribution in [-0.4, -0.2) is 32.2 Å². The van der Waals surface area contributed by atoms with Gasteiger partial charge >= 0.3 is 5.97 Å². The van der Waals surface area contributed by atoms with Crippen molar-refractivity contribution in [3.05, 3.63) is 71.8 Å². The van der Waals surface area contributed by atoms with Gasteiger partial charge < -0.3 is 9.64 Å². The molecule has 0 amide bonds. The molecular weight excluding hydrogens is 298 g/mol. The molecule has 1 unspecified atom stereocenters. The lowest BCUT2D eigenvalue weighted by Gasteiger charge is -2.33. The highest BCUT2D eigenvalue weighted by Gasteiger charge is 2.40. The first-order valence-electron chi connectivity index (χ1n) is 8.74. The van der Waals surface area contributed by atoms with Crippen LogP contribution in [0.2, 0.25) is 0 Å². The van der Waals surface area contributed by atoms with E-state index in [1.165, 1.54) is 4.90 Å². The highest BCUT2D eigenvalue weighted by atomic mass is 16.5. The Hall–Kier alpha value is -2.13. The van der Waals surface area contributed by atoms with Crippen LogP contribution in [0.1, 0.15) is 30.9 Å². The second-order valence-corrected chi connectivity index (χ2v) is 6.94. The van der Waals surface area contributed by atoms with E-state index in [0.29, 0.717) is 0 Å². The van der Waals surface area contributed by atoms with Crippen LogP contribution in [0.3, 0.4) is 0 Å². The maximum Gasteiger partial charge on any atom is 0.321 e. The molecule has 3 heteroatoms. The maximum absolute atomic E-state index is 13.2. The third kappa shape index (κ3) is 3.36. The SMILES string of the molecule is C[NH+]1CCC[C@@H](OC(=O)C(C)(c2ccccc2)c2ccccc2)C1. The van der Waals surface area contributed by atoms with E-state index in [2.05, 4.69) is 7.05 Å². The summed E-state index contributed by atoms with van der Waals surface area (Å²) >= 11 is 0. The predicted molar refractivity (Wildman–Crippen MR) is 95.1 cm³/mol. The standard InChI is InChI=1S/C21H25NO2/c1-21(17-10-5-3-6-11-17,18-12-7-4-8-13-18)20(23)24-19-14-9-15-22(2)16-19/h3-8,10-13,19H,9,14-16H2,1-2H3/p+1/t19-/m1/s1. The third-order valence-electron chi connectivity index (χ3n) is 5.09. The van der Waals surface area contributed by atoms with Crippen molar-refractivity contribution in [1.82, 2.24) is 0 Å². The van der Waals surface area contributed by atoms with Crippen molar-refractivity contribution in [3.8, 4) is 0 Å². The molecule has 24 heavy (non-hydrogen) atoms. The van der Waals surface area contributed by atoms with Crippen molar-refractivity contribution >= 4 is 5.97 Å². The van der Waals surface area contributed by atoms with E-state index in [-0.39, 0.29) is 12.1 Å². The second kappa shape index (κ2) is 7.18. The first-order valence-corrected chi connectivity index (χ1v) is 8.74. The molecule has 0 bridgehead atoms. The molecule has 1 fully saturated rings. The molecule has 1 aliphatic heterocycles. The van der Waals surface area contributed by atoms with Gasteiger partial charge in [0.15, 0.2) is 6.10 Å². The monoisotopic (exact) mass is 324 g/mol. The number of carbonyl (C=O) groups excluding carboxylic acids is 1. The van der Waals surface area contributed by atoms with E-state index in [9.17, 15) is 4.79 Å². The number of hydrogen-bond acceptors (Lipinski definition) is 2. The maximum atomic E-state index is 13.2. The summed E-state index contributed by atoms with van der Waals surface area (Å²) in [6, 6.07) is 19.9. The predicted octanol–water partition coefficient (Wildman–Crippen LogP) is 2.21. The smallest absolute Gasteiger partial charge is 0.321 e. The van der Waals surface area contributed by atoms with Crippen LogP contribution in [0.4, 0.5) is 0 Å². The van der Waals surface area contributed by atoms with Crippen molar-refractivity contribution in [3.63, 3.8) is 0 Å². The van der Waals surface area contributed by atoms with Gasteiger partial charge in [0.05, 0.1) is 13.6 Å². The van der Waals surface area contributed by atoms with Crippen molar-refractivity contribution in [2.75, 3.05) is 20.1 Å². The number of hydrogen-bond donors (Lipinski definition) is 1. The lowest BCUT2D eigenvalue weighted by Crippen LogP contribution is -3.11. The van der Waals surface area contributed by atoms with E-state index in [0.717, 1.165) is 37.1 Å². The second-order valence-electron chi connectivity index (χ2n) is 6.94. The molecule has 1 N–H and O–H groups in total. The molecule has 3 rings (SSSR count). The Kier molecular flexibility index (Phi) is 5.00. The highest BCUT2D eigenvalue weighted by Crippen LogP contribution is 2.33. The molecule has 3 nitrogen and oxygen atoms in total. The summed E-state index contributed by atoms with van der Waals surface area (Å²) < 4.78 is 5.98. The minimum absolute atomic E-state index is 0.0120. The molecule has 0 aliphatic carbocycles. The molecule has 0 aromatic heterocycles. The molecular formula is C21H26NO2+. The summed E-state index contributed by atoms with van der Waals surface area (Å²) in [5.74, 6) is -0.153. The first-order chi connectivity index (χ1) is 11.6. The summed E-state index contributed by atoms with van der Waals surface area (Å²) in [5.41, 5.74) is 1.16. The number of likely N-dealkylation sites (N-methyl/N-ethyl adjacent to an activating group) is 1. The summed E-state index contributed by atoms with van der Waals surface area (Å²) in [7, 11) is 2.16. The largest absolute Gasteiger partial charge is 0.455 e. The number of esters is 1. The van der Waals surface area contributed by atoms with Crippen LogP contribution < -0.4 is 4.90 Å². The fourth-order valence-corrected chi connectivity index (χ4v) is 3.54. The van der Waals surface area contributed by atoms with Crippen molar-refractivity contribution < 1.29 is 14.4 Å². The van der Waals surface area contributed by atoms with E-state index in [1.807, 2.05) is 67.6 Å². The van der Waals surface area contributed by atoms with Gasteiger partial charge in [-0.15, -0.1) is 0 Å². The topological polar surface area (TPSA) is 30.7 Å². The Labute approximate surface area is 144 Å². The number of benzene rings is 2. The summed E-state index contributed by atoms with van der Waals surface area (Å²) in [4.78, 5) is 14.6. The molecule has 126 valence electrons. The summed E-state index contributed by atoms with van der Waals surface area (Å²) in [6.45, 7) is 4.02. The lowest BCUT2D eigenvalue weighted by molar-refractivity contribution is -0.888. The van der Waals surface area contributed by atoms with E-state index in [1.54, 1.807) is 0 Å². The Morgan fingerprint density at radius 2 is 1.58 bits per heavy atom. The molecule has 1 aliphatic rings. The minimum atomic E-state index is -0.784. The minimum Gasteiger partial charge on any atom is -0.455 e. The molecule has 0 saturated carbocycles. The van der Waals surface area contributed by atoms with Crippen molar-refractivity contribution in [1.29, 1.82) is 0 Å². The number of quaternary nitrogens is 1. The Balaban J connectivity index is 1.91. The summed E-state index contributed by atoms with van der Waals surface area (Å²) in [6.07, 6.45) is 2.08. The van der Waals surface area contributed by atoms with Crippen LogP contribution in [0, 0.1) is 0 Å². The van der Waals surface area contributed by atoms with Gasteiger partial charge in [0.25, 0.3) is 0 Å². The zero-order valence-corrected chi connectivity index (χ0v) is 14.5. The van der Waals surface area contributed by atoms with Crippen LogP contribution in [0.5, 0.6) is 0 Å². The zero-order valence-electron chi connectivity index (χ0n) is 14.5. The molecule has 0 radical (unpaired) electrons. The van der Waals surface area contributed by atoms with Crippen LogP contribution in [0.15, 0.2) is 60.7 Å². The normalized spacial score (nSPS) is 21.2. The van der Waals surface area contributed by atoms with E-state index >= 15 is 0 Å². The van der Waals surface area contributed by atoms with Gasteiger partial charge in [0.2, 0.25) is 0 Å². The Bertz CT molecular complexity index is 629. The van der Waals surface area contributed by atoms with Crippen LogP contribution >= 0.6 is 0 Å². The Morgan fingerprint density at radius 3 is 2.08 bits per heavy atom. The van der Waals surface area contributed by atoms with Crippen molar-refractivity contribution in [2.24, 2.45) is 0 Å². The van der Waals surface area contributed by atoms with Gasteiger partial charge in [-0.1, -0.05) is 60.7 Å². The van der Waals surface area contributed by atoms with Crippen molar-refractivity contribution in [2.45, 2.75) is 31.3 Å². The molecule has 1 saturated heterocycles. The third-order valence-corrected chi connectivity index (χ3v) is 5.09. The average Bonchev–Trinajstić information content (AvgIpc) is 2.62. The first kappa shape index (κ1) is 16.7. The molecule has 2 aromatic carbocycles. The number of nitrogens with one attached hydrogen (secondary N) is 1. The van der Waals surface area contributed by atoms with Gasteiger partial charge in [-0.05, 0) is 24.5 Å². The van der Waals surface area contributed by atoms with E-state index in [4.69, 9.17) is 4.74 Å². The number of likely N-dealkylation sites (tertiary alicyclic amines) is 1. The lowest BCUT2D eigenvalue weighted by atomic mass is 9.76. The Morgan fingerprint density at radius 1 is 1.04 bits per heavy atom. The fourth-order valence-electron chi connectivity index (χ4n) is 3.54. The average molecular weight is 324 g/mol. The number of piperidine rings is 1. The fraction of sp³-hybridized carbons (Fsp3) is 0.381. The molecule has 0 spiro atoms. The quantitative estimate of drug-likeness (QED) is 0.874. The molecule has 2 atom stereocenters. The van der Waals surface area contributed by atoms with Gasteiger partial charge in [-0.2, -0.15) is 0 Å². The van der Waals surface area contributed by atoms with Gasteiger partial charge in [0.1, 0.15) is 12.0 Å². The number of carbonyl (C=O) groups is 1. The summed E-state index contributed by atoms with van der Waals surface area (Å²) in [5, 5.41) is 0. The van der Waals surface area contributed by atoms with E-state index < -0.39 is 5.41 Å².